The van der Waals surface area contributed by atoms with Crippen LogP contribution in [0.5, 0.6) is 0 Å². The van der Waals surface area contributed by atoms with Gasteiger partial charge in [-0.15, -0.1) is 0 Å². The van der Waals surface area contributed by atoms with E-state index in [1.807, 2.05) is 6.07 Å². The fourth-order valence-electron chi connectivity index (χ4n) is 2.20. The van der Waals surface area contributed by atoms with E-state index in [9.17, 15) is 4.39 Å². The molecule has 1 fully saturated rings. The van der Waals surface area contributed by atoms with Crippen LogP contribution >= 0.6 is 15.9 Å². The summed E-state index contributed by atoms with van der Waals surface area (Å²) in [6.07, 6.45) is 5.01. The predicted molar refractivity (Wildman–Crippen MR) is 74.0 cm³/mol. The molecule has 0 amide bonds. The van der Waals surface area contributed by atoms with E-state index in [0.717, 1.165) is 30.5 Å². The van der Waals surface area contributed by atoms with Crippen LogP contribution in [0, 0.1) is 5.82 Å². The second-order valence-electron chi connectivity index (χ2n) is 4.69. The van der Waals surface area contributed by atoms with Crippen LogP contribution in [0.2, 0.25) is 0 Å². The lowest BCUT2D eigenvalue weighted by atomic mass is 10.1. The Labute approximate surface area is 116 Å². The summed E-state index contributed by atoms with van der Waals surface area (Å²) in [6, 6.07) is 5.03. The summed E-state index contributed by atoms with van der Waals surface area (Å²) >= 11 is 3.35. The van der Waals surface area contributed by atoms with E-state index >= 15 is 0 Å². The Morgan fingerprint density at radius 2 is 2.28 bits per heavy atom. The molecule has 0 aliphatic carbocycles. The van der Waals surface area contributed by atoms with E-state index in [1.54, 1.807) is 6.07 Å². The second-order valence-corrected chi connectivity index (χ2v) is 5.61. The van der Waals surface area contributed by atoms with E-state index in [2.05, 4.69) is 21.2 Å². The highest BCUT2D eigenvalue weighted by Gasteiger charge is 2.12. The molecule has 0 bridgehead atoms. The Hall–Kier alpha value is -0.450. The highest BCUT2D eigenvalue weighted by atomic mass is 79.9. The lowest BCUT2D eigenvalue weighted by Crippen LogP contribution is -2.25. The first-order chi connectivity index (χ1) is 8.75. The van der Waals surface area contributed by atoms with Crippen molar-refractivity contribution < 1.29 is 9.13 Å². The maximum Gasteiger partial charge on any atom is 0.127 e. The second kappa shape index (κ2) is 7.22. The molecule has 1 aromatic rings. The molecule has 1 N–H and O–H groups in total. The molecule has 1 aliphatic heterocycles. The number of hydrogen-bond acceptors (Lipinski definition) is 2. The third-order valence-corrected chi connectivity index (χ3v) is 3.73. The first-order valence-electron chi connectivity index (χ1n) is 6.52. The van der Waals surface area contributed by atoms with Gasteiger partial charge in [-0.05, 0) is 50.4 Å². The zero-order valence-corrected chi connectivity index (χ0v) is 12.0. The fourth-order valence-corrected chi connectivity index (χ4v) is 2.61. The van der Waals surface area contributed by atoms with Gasteiger partial charge in [-0.3, -0.25) is 0 Å². The third kappa shape index (κ3) is 4.34. The van der Waals surface area contributed by atoms with Crippen molar-refractivity contribution in [2.45, 2.75) is 38.3 Å². The van der Waals surface area contributed by atoms with Gasteiger partial charge in [0.25, 0.3) is 0 Å². The lowest BCUT2D eigenvalue weighted by Gasteiger charge is -2.22. The van der Waals surface area contributed by atoms with Gasteiger partial charge in [0.05, 0.1) is 6.10 Å². The van der Waals surface area contributed by atoms with Gasteiger partial charge in [-0.2, -0.15) is 0 Å². The van der Waals surface area contributed by atoms with Crippen molar-refractivity contribution >= 4 is 15.9 Å². The van der Waals surface area contributed by atoms with E-state index in [4.69, 9.17) is 4.74 Å². The maximum atomic E-state index is 13.5. The fraction of sp³-hybridized carbons (Fsp3) is 0.571. The molecule has 1 heterocycles. The summed E-state index contributed by atoms with van der Waals surface area (Å²) in [5.41, 5.74) is 0.703. The normalized spacial score (nSPS) is 20.0. The molecular weight excluding hydrogens is 297 g/mol. The number of nitrogens with one attached hydrogen (secondary N) is 1. The topological polar surface area (TPSA) is 21.3 Å². The average molecular weight is 316 g/mol. The molecule has 0 spiro atoms. The van der Waals surface area contributed by atoms with E-state index in [1.165, 1.54) is 18.9 Å². The molecule has 18 heavy (non-hydrogen) atoms. The van der Waals surface area contributed by atoms with Gasteiger partial charge in [-0.25, -0.2) is 4.39 Å². The molecule has 1 saturated heterocycles. The number of halogens is 2. The molecule has 100 valence electrons. The molecule has 1 atom stereocenters. The van der Waals surface area contributed by atoms with Gasteiger partial charge in [0.15, 0.2) is 0 Å². The van der Waals surface area contributed by atoms with Crippen molar-refractivity contribution in [2.24, 2.45) is 0 Å². The zero-order valence-electron chi connectivity index (χ0n) is 10.4. The SMILES string of the molecule is Fc1ccc(Br)cc1CNCCC1CCCCO1. The quantitative estimate of drug-likeness (QED) is 0.838. The van der Waals surface area contributed by atoms with E-state index in [0.29, 0.717) is 18.2 Å². The summed E-state index contributed by atoms with van der Waals surface area (Å²) in [4.78, 5) is 0. The molecular formula is C14H19BrFNO. The van der Waals surface area contributed by atoms with Gasteiger partial charge in [0.2, 0.25) is 0 Å². The molecule has 1 aliphatic rings. The minimum Gasteiger partial charge on any atom is -0.378 e. The number of benzene rings is 1. The number of hydrogen-bond donors (Lipinski definition) is 1. The van der Waals surface area contributed by atoms with Crippen molar-refractivity contribution in [3.63, 3.8) is 0 Å². The molecule has 0 aromatic heterocycles. The van der Waals surface area contributed by atoms with Crippen LogP contribution in [-0.4, -0.2) is 19.3 Å². The van der Waals surface area contributed by atoms with Crippen molar-refractivity contribution in [3.8, 4) is 0 Å². The first-order valence-corrected chi connectivity index (χ1v) is 7.31. The Balaban J connectivity index is 1.69. The van der Waals surface area contributed by atoms with Gasteiger partial charge in [0.1, 0.15) is 5.82 Å². The van der Waals surface area contributed by atoms with Crippen molar-refractivity contribution in [3.05, 3.63) is 34.1 Å². The Morgan fingerprint density at radius 3 is 3.06 bits per heavy atom. The van der Waals surface area contributed by atoms with Gasteiger partial charge in [-0.1, -0.05) is 15.9 Å². The van der Waals surface area contributed by atoms with Crippen LogP contribution in [0.1, 0.15) is 31.2 Å². The first kappa shape index (κ1) is 14.0. The molecule has 0 saturated carbocycles. The largest absolute Gasteiger partial charge is 0.378 e. The van der Waals surface area contributed by atoms with Crippen molar-refractivity contribution in [1.82, 2.24) is 5.32 Å². The Kier molecular flexibility index (Phi) is 5.60. The molecule has 4 heteroatoms. The summed E-state index contributed by atoms with van der Waals surface area (Å²) in [5, 5.41) is 3.28. The molecule has 1 aromatic carbocycles. The lowest BCUT2D eigenvalue weighted by molar-refractivity contribution is 0.0115. The minimum atomic E-state index is -0.153. The number of rotatable bonds is 5. The summed E-state index contributed by atoms with van der Waals surface area (Å²) < 4.78 is 20.0. The van der Waals surface area contributed by atoms with Crippen LogP contribution in [0.4, 0.5) is 4.39 Å². The standard InChI is InChI=1S/C14H19BrFNO/c15-12-4-5-14(16)11(9-12)10-17-7-6-13-3-1-2-8-18-13/h4-5,9,13,17H,1-3,6-8,10H2. The van der Waals surface area contributed by atoms with E-state index in [-0.39, 0.29) is 5.82 Å². The Bertz CT molecular complexity index is 380. The average Bonchev–Trinajstić information content (AvgIpc) is 2.40. The van der Waals surface area contributed by atoms with E-state index < -0.39 is 0 Å². The van der Waals surface area contributed by atoms with Crippen molar-refractivity contribution in [1.29, 1.82) is 0 Å². The molecule has 2 nitrogen and oxygen atoms in total. The highest BCUT2D eigenvalue weighted by Crippen LogP contribution is 2.16. The number of ether oxygens (including phenoxy) is 1. The summed E-state index contributed by atoms with van der Waals surface area (Å²) in [7, 11) is 0. The predicted octanol–water partition coefficient (Wildman–Crippen LogP) is 3.64. The third-order valence-electron chi connectivity index (χ3n) is 3.24. The zero-order chi connectivity index (χ0) is 12.8. The van der Waals surface area contributed by atoms with Crippen LogP contribution in [0.25, 0.3) is 0 Å². The monoisotopic (exact) mass is 315 g/mol. The minimum absolute atomic E-state index is 0.153. The van der Waals surface area contributed by atoms with Crippen LogP contribution in [-0.2, 0) is 11.3 Å². The van der Waals surface area contributed by atoms with Gasteiger partial charge in [0, 0.05) is 23.2 Å². The van der Waals surface area contributed by atoms with Crippen LogP contribution in [0.3, 0.4) is 0 Å². The van der Waals surface area contributed by atoms with Crippen LogP contribution in [0.15, 0.2) is 22.7 Å². The van der Waals surface area contributed by atoms with Crippen LogP contribution < -0.4 is 5.32 Å². The molecule has 0 radical (unpaired) electrons. The summed E-state index contributed by atoms with van der Waals surface area (Å²) in [5.74, 6) is -0.153. The highest BCUT2D eigenvalue weighted by molar-refractivity contribution is 9.10. The molecule has 2 rings (SSSR count). The van der Waals surface area contributed by atoms with Gasteiger partial charge >= 0.3 is 0 Å². The summed E-state index contributed by atoms with van der Waals surface area (Å²) in [6.45, 7) is 2.33. The Morgan fingerprint density at radius 1 is 1.39 bits per heavy atom. The maximum absolute atomic E-state index is 13.5. The molecule has 1 unspecified atom stereocenters. The van der Waals surface area contributed by atoms with Crippen molar-refractivity contribution in [2.75, 3.05) is 13.2 Å². The van der Waals surface area contributed by atoms with Gasteiger partial charge < -0.3 is 10.1 Å². The smallest absolute Gasteiger partial charge is 0.127 e.